The molecule has 0 fully saturated rings. The summed E-state index contributed by atoms with van der Waals surface area (Å²) in [6.07, 6.45) is 12.0. The topological polar surface area (TPSA) is 72.8 Å². The van der Waals surface area contributed by atoms with Gasteiger partial charge in [0.1, 0.15) is 32.8 Å². The average Bonchev–Trinajstić information content (AvgIpc) is 2.68. The fourth-order valence-electron chi connectivity index (χ4n) is 3.23. The van der Waals surface area contributed by atoms with Gasteiger partial charge in [-0.25, -0.2) is 0 Å². The van der Waals surface area contributed by atoms with Crippen molar-refractivity contribution in [2.24, 2.45) is 0 Å². The third-order valence-electron chi connectivity index (χ3n) is 5.40. The number of esters is 2. The second-order valence-corrected chi connectivity index (χ2v) is 8.28. The number of hydrogen-bond donors (Lipinski definition) is 1. The van der Waals surface area contributed by atoms with Gasteiger partial charge >= 0.3 is 11.9 Å². The average molecular weight is 417 g/mol. The molecule has 0 aromatic rings. The lowest BCUT2D eigenvalue weighted by molar-refractivity contribution is -0.910. The molecule has 0 atom stereocenters. The van der Waals surface area contributed by atoms with E-state index >= 15 is 0 Å². The minimum Gasteiger partial charge on any atom is -0.460 e. The highest BCUT2D eigenvalue weighted by atomic mass is 16.5. The van der Waals surface area contributed by atoms with Crippen LogP contribution in [0.5, 0.6) is 0 Å². The summed E-state index contributed by atoms with van der Waals surface area (Å²) in [7, 11) is 1.99. The van der Waals surface area contributed by atoms with Gasteiger partial charge in [0, 0.05) is 12.8 Å². The molecule has 0 aliphatic rings. The second kappa shape index (κ2) is 18.9. The number of carbonyl (C=O) groups excluding carboxylic acids is 2. The summed E-state index contributed by atoms with van der Waals surface area (Å²) < 4.78 is 11.2. The van der Waals surface area contributed by atoms with Gasteiger partial charge in [-0.15, -0.1) is 0 Å². The van der Waals surface area contributed by atoms with Crippen LogP contribution in [0, 0.1) is 0 Å². The first-order chi connectivity index (χ1) is 14.0. The molecular formula is C23H46NO5+. The van der Waals surface area contributed by atoms with E-state index in [4.69, 9.17) is 9.47 Å². The Balaban J connectivity index is 3.97. The van der Waals surface area contributed by atoms with Crippen LogP contribution < -0.4 is 0 Å². The standard InChI is InChI=1S/C23H46NO5/c1-4-6-8-10-12-14-22(26)28-20-17-24(3,16-19-25)18-21-29-23(27)15-13-11-9-7-5-2/h25H,4-21H2,1-3H3/q+1. The summed E-state index contributed by atoms with van der Waals surface area (Å²) in [6.45, 7) is 6.81. The largest absolute Gasteiger partial charge is 0.460 e. The molecule has 0 aliphatic heterocycles. The molecule has 0 bridgehead atoms. The molecule has 0 heterocycles. The number of aliphatic hydroxyl groups excluding tert-OH is 1. The summed E-state index contributed by atoms with van der Waals surface area (Å²) in [5.41, 5.74) is 0. The van der Waals surface area contributed by atoms with Crippen LogP contribution in [0.2, 0.25) is 0 Å². The van der Waals surface area contributed by atoms with Gasteiger partial charge in [-0.2, -0.15) is 0 Å². The number of likely N-dealkylation sites (N-methyl/N-ethyl adjacent to an activating group) is 1. The van der Waals surface area contributed by atoms with Gasteiger partial charge in [0.25, 0.3) is 0 Å². The van der Waals surface area contributed by atoms with Crippen molar-refractivity contribution in [1.29, 1.82) is 0 Å². The van der Waals surface area contributed by atoms with Crippen LogP contribution in [-0.2, 0) is 19.1 Å². The van der Waals surface area contributed by atoms with Gasteiger partial charge in [0.05, 0.1) is 13.7 Å². The normalized spacial score (nSPS) is 11.4. The zero-order valence-corrected chi connectivity index (χ0v) is 19.3. The summed E-state index contributed by atoms with van der Waals surface area (Å²) in [6, 6.07) is 0. The maximum atomic E-state index is 11.8. The molecule has 0 aromatic heterocycles. The summed E-state index contributed by atoms with van der Waals surface area (Å²) in [5, 5.41) is 9.36. The van der Waals surface area contributed by atoms with Gasteiger partial charge in [0.15, 0.2) is 0 Å². The van der Waals surface area contributed by atoms with Crippen LogP contribution in [0.4, 0.5) is 0 Å². The number of rotatable bonds is 20. The number of aliphatic hydroxyl groups is 1. The number of carbonyl (C=O) groups is 2. The Morgan fingerprint density at radius 2 is 1.10 bits per heavy atom. The van der Waals surface area contributed by atoms with E-state index in [1.807, 2.05) is 7.05 Å². The molecule has 0 unspecified atom stereocenters. The molecule has 0 saturated heterocycles. The SMILES string of the molecule is CCCCCCCC(=O)OCC[N+](C)(CCO)CCOC(=O)CCCCCCC. The molecule has 0 rings (SSSR count). The van der Waals surface area contributed by atoms with E-state index in [1.165, 1.54) is 38.5 Å². The molecule has 0 aromatic carbocycles. The first kappa shape index (κ1) is 27.9. The molecule has 172 valence electrons. The molecule has 1 N–H and O–H groups in total. The Kier molecular flexibility index (Phi) is 18.1. The minimum absolute atomic E-state index is 0.0489. The maximum absolute atomic E-state index is 11.8. The lowest BCUT2D eigenvalue weighted by Crippen LogP contribution is -2.50. The lowest BCUT2D eigenvalue weighted by Gasteiger charge is -2.33. The molecule has 0 aliphatic carbocycles. The minimum atomic E-state index is -0.147. The van der Waals surface area contributed by atoms with E-state index < -0.39 is 0 Å². The van der Waals surface area contributed by atoms with Crippen LogP contribution in [0.25, 0.3) is 0 Å². The predicted molar refractivity (Wildman–Crippen MR) is 117 cm³/mol. The maximum Gasteiger partial charge on any atom is 0.305 e. The Morgan fingerprint density at radius 3 is 1.48 bits per heavy atom. The number of hydrogen-bond acceptors (Lipinski definition) is 5. The van der Waals surface area contributed by atoms with E-state index in [1.54, 1.807) is 0 Å². The fourth-order valence-corrected chi connectivity index (χ4v) is 3.23. The smallest absolute Gasteiger partial charge is 0.305 e. The molecule has 6 nitrogen and oxygen atoms in total. The van der Waals surface area contributed by atoms with E-state index in [0.29, 0.717) is 50.2 Å². The van der Waals surface area contributed by atoms with Crippen molar-refractivity contribution in [1.82, 2.24) is 0 Å². The first-order valence-electron chi connectivity index (χ1n) is 11.7. The first-order valence-corrected chi connectivity index (χ1v) is 11.7. The van der Waals surface area contributed by atoms with Crippen LogP contribution >= 0.6 is 0 Å². The molecule has 0 radical (unpaired) electrons. The molecular weight excluding hydrogens is 370 g/mol. The van der Waals surface area contributed by atoms with Gasteiger partial charge in [0.2, 0.25) is 0 Å². The zero-order valence-electron chi connectivity index (χ0n) is 19.3. The number of ether oxygens (including phenoxy) is 2. The van der Waals surface area contributed by atoms with Gasteiger partial charge in [-0.05, 0) is 12.8 Å². The van der Waals surface area contributed by atoms with Crippen molar-refractivity contribution < 1.29 is 28.7 Å². The van der Waals surface area contributed by atoms with Gasteiger partial charge in [-0.3, -0.25) is 9.59 Å². The fraction of sp³-hybridized carbons (Fsp3) is 0.913. The molecule has 29 heavy (non-hydrogen) atoms. The molecule has 0 spiro atoms. The third kappa shape index (κ3) is 17.4. The van der Waals surface area contributed by atoms with E-state index in [9.17, 15) is 14.7 Å². The van der Waals surface area contributed by atoms with E-state index in [2.05, 4.69) is 13.8 Å². The monoisotopic (exact) mass is 416 g/mol. The lowest BCUT2D eigenvalue weighted by atomic mass is 10.1. The van der Waals surface area contributed by atoms with Crippen molar-refractivity contribution >= 4 is 11.9 Å². The summed E-state index contributed by atoms with van der Waals surface area (Å²) in [4.78, 5) is 23.7. The highest BCUT2D eigenvalue weighted by Crippen LogP contribution is 2.08. The Hall–Kier alpha value is -1.14. The van der Waals surface area contributed by atoms with Crippen molar-refractivity contribution in [2.75, 3.05) is 46.5 Å². The summed E-state index contributed by atoms with van der Waals surface area (Å²) in [5.74, 6) is -0.293. The number of unbranched alkanes of at least 4 members (excludes halogenated alkanes) is 8. The van der Waals surface area contributed by atoms with Crippen LogP contribution in [0.1, 0.15) is 90.9 Å². The molecule has 6 heteroatoms. The third-order valence-corrected chi connectivity index (χ3v) is 5.40. The van der Waals surface area contributed by atoms with Crippen LogP contribution in [0.3, 0.4) is 0 Å². The van der Waals surface area contributed by atoms with Crippen molar-refractivity contribution in [3.8, 4) is 0 Å². The Labute approximate surface area is 178 Å². The highest BCUT2D eigenvalue weighted by molar-refractivity contribution is 5.69. The van der Waals surface area contributed by atoms with Gasteiger partial charge < -0.3 is 19.1 Å². The second-order valence-electron chi connectivity index (χ2n) is 8.28. The van der Waals surface area contributed by atoms with Crippen LogP contribution in [-0.4, -0.2) is 68.0 Å². The zero-order chi connectivity index (χ0) is 21.8. The Morgan fingerprint density at radius 1 is 0.690 bits per heavy atom. The summed E-state index contributed by atoms with van der Waals surface area (Å²) >= 11 is 0. The Bertz CT molecular complexity index is 382. The van der Waals surface area contributed by atoms with Crippen molar-refractivity contribution in [3.63, 3.8) is 0 Å². The quantitative estimate of drug-likeness (QED) is 0.183. The van der Waals surface area contributed by atoms with Crippen molar-refractivity contribution in [3.05, 3.63) is 0 Å². The molecule has 0 amide bonds. The van der Waals surface area contributed by atoms with E-state index in [-0.39, 0.29) is 18.5 Å². The van der Waals surface area contributed by atoms with Crippen LogP contribution in [0.15, 0.2) is 0 Å². The molecule has 0 saturated carbocycles. The predicted octanol–water partition coefficient (Wildman–Crippen LogP) is 4.23. The van der Waals surface area contributed by atoms with Gasteiger partial charge in [-0.1, -0.05) is 65.2 Å². The van der Waals surface area contributed by atoms with E-state index in [0.717, 1.165) is 25.7 Å². The number of nitrogens with zero attached hydrogens (tertiary/aromatic N) is 1. The highest BCUT2D eigenvalue weighted by Gasteiger charge is 2.22. The van der Waals surface area contributed by atoms with Crippen molar-refractivity contribution in [2.45, 2.75) is 90.9 Å². The number of quaternary nitrogens is 1.